The lowest BCUT2D eigenvalue weighted by atomic mass is 9.96. The highest BCUT2D eigenvalue weighted by Crippen LogP contribution is 2.29. The topological polar surface area (TPSA) is 9.23 Å². The molecule has 37 heavy (non-hydrogen) atoms. The van der Waals surface area contributed by atoms with Crippen LogP contribution in [0.25, 0.3) is 35.4 Å². The molecule has 0 fully saturated rings. The molecule has 0 aromatic heterocycles. The molecule has 1 heteroatoms. The molecule has 0 saturated heterocycles. The summed E-state index contributed by atoms with van der Waals surface area (Å²) >= 11 is 0. The number of ether oxygens (including phenoxy) is 1. The van der Waals surface area contributed by atoms with Gasteiger partial charge in [-0.25, -0.2) is 0 Å². The van der Waals surface area contributed by atoms with Gasteiger partial charge in [-0.05, 0) is 58.0 Å². The number of unbranched alkanes of at least 4 members (excludes halogenated alkanes) is 5. The molecule has 0 spiro atoms. The van der Waals surface area contributed by atoms with Gasteiger partial charge in [0, 0.05) is 0 Å². The van der Waals surface area contributed by atoms with Crippen molar-refractivity contribution in [2.45, 2.75) is 45.4 Å². The monoisotopic (exact) mass is 486 g/mol. The first-order chi connectivity index (χ1) is 18.3. The number of hydrogen-bond donors (Lipinski definition) is 0. The van der Waals surface area contributed by atoms with E-state index in [0.29, 0.717) is 0 Å². The normalized spacial score (nSPS) is 11.4. The SMILES string of the molecule is CCCCCCCCOc1ccc(-c2cc(C=Cc3ccccc3)ccc2C=Cc2ccccc2)cc1. The van der Waals surface area contributed by atoms with Gasteiger partial charge >= 0.3 is 0 Å². The van der Waals surface area contributed by atoms with E-state index in [0.717, 1.165) is 18.8 Å². The maximum atomic E-state index is 6.03. The zero-order chi connectivity index (χ0) is 25.5. The molecule has 0 heterocycles. The Balaban J connectivity index is 1.50. The van der Waals surface area contributed by atoms with E-state index in [2.05, 4.69) is 122 Å². The van der Waals surface area contributed by atoms with Gasteiger partial charge < -0.3 is 4.74 Å². The van der Waals surface area contributed by atoms with Crippen LogP contribution in [-0.4, -0.2) is 6.61 Å². The highest BCUT2D eigenvalue weighted by Gasteiger charge is 2.06. The first-order valence-corrected chi connectivity index (χ1v) is 13.7. The molecule has 4 aromatic rings. The van der Waals surface area contributed by atoms with E-state index in [1.807, 2.05) is 12.1 Å². The molecule has 0 aliphatic rings. The van der Waals surface area contributed by atoms with Crippen molar-refractivity contribution in [2.75, 3.05) is 6.61 Å². The van der Waals surface area contributed by atoms with Crippen molar-refractivity contribution in [1.29, 1.82) is 0 Å². The Bertz CT molecular complexity index is 1250. The molecule has 0 unspecified atom stereocenters. The predicted octanol–water partition coefficient (Wildman–Crippen LogP) is 10.4. The quantitative estimate of drug-likeness (QED) is 0.135. The van der Waals surface area contributed by atoms with Crippen LogP contribution in [0.2, 0.25) is 0 Å². The fourth-order valence-electron chi connectivity index (χ4n) is 4.38. The molecule has 0 atom stereocenters. The molecule has 0 amide bonds. The van der Waals surface area contributed by atoms with E-state index in [9.17, 15) is 0 Å². The van der Waals surface area contributed by atoms with E-state index in [-0.39, 0.29) is 0 Å². The van der Waals surface area contributed by atoms with Crippen LogP contribution in [0.5, 0.6) is 5.75 Å². The Morgan fingerprint density at radius 3 is 1.81 bits per heavy atom. The van der Waals surface area contributed by atoms with Crippen molar-refractivity contribution < 1.29 is 4.74 Å². The van der Waals surface area contributed by atoms with Crippen molar-refractivity contribution >= 4 is 24.3 Å². The summed E-state index contributed by atoms with van der Waals surface area (Å²) in [5.41, 5.74) is 7.17. The summed E-state index contributed by atoms with van der Waals surface area (Å²) in [5.74, 6) is 0.943. The summed E-state index contributed by atoms with van der Waals surface area (Å²) in [5, 5.41) is 0. The van der Waals surface area contributed by atoms with Crippen LogP contribution in [-0.2, 0) is 0 Å². The second-order valence-electron chi connectivity index (χ2n) is 9.48. The van der Waals surface area contributed by atoms with Gasteiger partial charge in [0.15, 0.2) is 0 Å². The van der Waals surface area contributed by atoms with E-state index >= 15 is 0 Å². The third kappa shape index (κ3) is 8.65. The summed E-state index contributed by atoms with van der Waals surface area (Å²) in [6.07, 6.45) is 16.4. The molecular weight excluding hydrogens is 448 g/mol. The molecule has 0 saturated carbocycles. The smallest absolute Gasteiger partial charge is 0.119 e. The summed E-state index contributed by atoms with van der Waals surface area (Å²) in [6.45, 7) is 3.04. The standard InChI is InChI=1S/C36H38O/c1-2-3-4-5-6-13-28-37-35-26-24-34(25-27-35)36-29-32(19-18-30-14-9-7-10-15-30)21-23-33(36)22-20-31-16-11-8-12-17-31/h7-12,14-27,29H,2-6,13,28H2,1H3. The highest BCUT2D eigenvalue weighted by atomic mass is 16.5. The van der Waals surface area contributed by atoms with Crippen LogP contribution in [0.1, 0.15) is 67.7 Å². The Morgan fingerprint density at radius 1 is 0.541 bits per heavy atom. The molecule has 4 rings (SSSR count). The van der Waals surface area contributed by atoms with Crippen LogP contribution in [0.15, 0.2) is 103 Å². The summed E-state index contributed by atoms with van der Waals surface area (Å²) in [7, 11) is 0. The molecule has 0 aliphatic carbocycles. The van der Waals surface area contributed by atoms with Gasteiger partial charge in [0.25, 0.3) is 0 Å². The van der Waals surface area contributed by atoms with Gasteiger partial charge in [-0.1, -0.05) is 148 Å². The van der Waals surface area contributed by atoms with Crippen molar-refractivity contribution in [3.05, 3.63) is 125 Å². The molecule has 1 nitrogen and oxygen atoms in total. The molecule has 0 radical (unpaired) electrons. The van der Waals surface area contributed by atoms with Crippen molar-refractivity contribution in [2.24, 2.45) is 0 Å². The Labute approximate surface area is 223 Å². The van der Waals surface area contributed by atoms with Gasteiger partial charge in [0.05, 0.1) is 6.61 Å². The predicted molar refractivity (Wildman–Crippen MR) is 161 cm³/mol. The van der Waals surface area contributed by atoms with E-state index < -0.39 is 0 Å². The minimum atomic E-state index is 0.788. The lowest BCUT2D eigenvalue weighted by molar-refractivity contribution is 0.304. The lowest BCUT2D eigenvalue weighted by Gasteiger charge is -2.11. The van der Waals surface area contributed by atoms with Gasteiger partial charge in [-0.15, -0.1) is 0 Å². The van der Waals surface area contributed by atoms with Crippen LogP contribution in [0, 0.1) is 0 Å². The Morgan fingerprint density at radius 2 is 1.14 bits per heavy atom. The summed E-state index contributed by atoms with van der Waals surface area (Å²) in [6, 6.07) is 36.1. The average molecular weight is 487 g/mol. The van der Waals surface area contributed by atoms with E-state index in [1.165, 1.54) is 65.5 Å². The first kappa shape index (κ1) is 26.2. The van der Waals surface area contributed by atoms with Gasteiger partial charge in [-0.2, -0.15) is 0 Å². The number of hydrogen-bond acceptors (Lipinski definition) is 1. The van der Waals surface area contributed by atoms with Crippen LogP contribution >= 0.6 is 0 Å². The maximum absolute atomic E-state index is 6.03. The largest absolute Gasteiger partial charge is 0.494 e. The Kier molecular flexibility index (Phi) is 10.4. The molecular formula is C36H38O. The minimum Gasteiger partial charge on any atom is -0.494 e. The van der Waals surface area contributed by atoms with Gasteiger partial charge in [-0.3, -0.25) is 0 Å². The van der Waals surface area contributed by atoms with Crippen molar-refractivity contribution in [3.8, 4) is 16.9 Å². The van der Waals surface area contributed by atoms with Crippen LogP contribution in [0.4, 0.5) is 0 Å². The first-order valence-electron chi connectivity index (χ1n) is 13.7. The maximum Gasteiger partial charge on any atom is 0.119 e. The number of rotatable bonds is 13. The van der Waals surface area contributed by atoms with E-state index in [4.69, 9.17) is 4.74 Å². The third-order valence-corrected chi connectivity index (χ3v) is 6.53. The number of benzene rings is 4. The summed E-state index contributed by atoms with van der Waals surface area (Å²) < 4.78 is 6.03. The fraction of sp³-hybridized carbons (Fsp3) is 0.222. The van der Waals surface area contributed by atoms with Crippen molar-refractivity contribution in [3.63, 3.8) is 0 Å². The fourth-order valence-corrected chi connectivity index (χ4v) is 4.38. The second-order valence-corrected chi connectivity index (χ2v) is 9.48. The zero-order valence-electron chi connectivity index (χ0n) is 22.0. The van der Waals surface area contributed by atoms with Gasteiger partial charge in [0.2, 0.25) is 0 Å². The van der Waals surface area contributed by atoms with Crippen molar-refractivity contribution in [1.82, 2.24) is 0 Å². The van der Waals surface area contributed by atoms with Gasteiger partial charge in [0.1, 0.15) is 5.75 Å². The average Bonchev–Trinajstić information content (AvgIpc) is 2.96. The molecule has 0 bridgehead atoms. The minimum absolute atomic E-state index is 0.788. The molecule has 188 valence electrons. The molecule has 4 aromatic carbocycles. The lowest BCUT2D eigenvalue weighted by Crippen LogP contribution is -1.97. The van der Waals surface area contributed by atoms with Crippen LogP contribution in [0.3, 0.4) is 0 Å². The van der Waals surface area contributed by atoms with Crippen LogP contribution < -0.4 is 4.74 Å². The highest BCUT2D eigenvalue weighted by molar-refractivity contribution is 5.83. The third-order valence-electron chi connectivity index (χ3n) is 6.53. The van der Waals surface area contributed by atoms with E-state index in [1.54, 1.807) is 0 Å². The Hall–Kier alpha value is -3.84. The molecule has 0 N–H and O–H groups in total. The molecule has 0 aliphatic heterocycles. The second kappa shape index (κ2) is 14.7. The zero-order valence-corrected chi connectivity index (χ0v) is 22.0. The summed E-state index contributed by atoms with van der Waals surface area (Å²) in [4.78, 5) is 0.